The number of benzene rings is 2. The third-order valence-electron chi connectivity index (χ3n) is 3.02. The maximum atomic E-state index is 6.24. The number of methoxy groups -OCH3 is 1. The van der Waals surface area contributed by atoms with Crippen LogP contribution in [0.3, 0.4) is 0 Å². The highest BCUT2D eigenvalue weighted by Gasteiger charge is 2.14. The highest BCUT2D eigenvalue weighted by Crippen LogP contribution is 2.34. The van der Waals surface area contributed by atoms with Crippen LogP contribution in [0.5, 0.6) is 5.75 Å². The Hall–Kier alpha value is -1.55. The van der Waals surface area contributed by atoms with E-state index < -0.39 is 0 Å². The molecule has 0 amide bonds. The lowest BCUT2D eigenvalue weighted by molar-refractivity contribution is 0.416. The van der Waals surface area contributed by atoms with Crippen molar-refractivity contribution in [2.45, 2.75) is 0 Å². The summed E-state index contributed by atoms with van der Waals surface area (Å²) in [7, 11) is 1.59. The number of hydrogen-bond donors (Lipinski definition) is 0. The van der Waals surface area contributed by atoms with Gasteiger partial charge >= 0.3 is 0 Å². The van der Waals surface area contributed by atoms with E-state index in [4.69, 9.17) is 39.5 Å². The lowest BCUT2D eigenvalue weighted by Crippen LogP contribution is -1.95. The van der Waals surface area contributed by atoms with E-state index in [1.54, 1.807) is 19.2 Å². The minimum atomic E-state index is 0.297. The van der Waals surface area contributed by atoms with Gasteiger partial charge in [0.25, 0.3) is 0 Å². The van der Waals surface area contributed by atoms with Gasteiger partial charge in [-0.2, -0.15) is 0 Å². The molecule has 0 N–H and O–H groups in total. The van der Waals surface area contributed by atoms with Crippen LogP contribution in [0.2, 0.25) is 15.2 Å². The van der Waals surface area contributed by atoms with Crippen LogP contribution < -0.4 is 4.74 Å². The van der Waals surface area contributed by atoms with Crippen molar-refractivity contribution in [3.8, 4) is 17.1 Å². The third kappa shape index (κ3) is 2.64. The van der Waals surface area contributed by atoms with Crippen molar-refractivity contribution in [1.82, 2.24) is 9.97 Å². The molecule has 3 aromatic rings. The molecule has 0 aliphatic carbocycles. The lowest BCUT2D eigenvalue weighted by atomic mass is 10.1. The Bertz CT molecular complexity index is 837. The monoisotopic (exact) mass is 338 g/mol. The molecule has 0 atom stereocenters. The summed E-state index contributed by atoms with van der Waals surface area (Å²) in [6.45, 7) is 0. The number of rotatable bonds is 2. The Balaban J connectivity index is 2.30. The number of para-hydroxylation sites is 1. The van der Waals surface area contributed by atoms with Crippen molar-refractivity contribution in [1.29, 1.82) is 0 Å². The number of halogens is 3. The molecule has 0 saturated carbocycles. The second-order valence-electron chi connectivity index (χ2n) is 4.32. The van der Waals surface area contributed by atoms with Gasteiger partial charge in [-0.3, -0.25) is 0 Å². The van der Waals surface area contributed by atoms with Crippen molar-refractivity contribution >= 4 is 45.7 Å². The van der Waals surface area contributed by atoms with E-state index in [1.165, 1.54) is 0 Å². The Kier molecular flexibility index (Phi) is 3.89. The van der Waals surface area contributed by atoms with Crippen molar-refractivity contribution in [3.05, 3.63) is 51.6 Å². The predicted molar refractivity (Wildman–Crippen MR) is 86.6 cm³/mol. The van der Waals surface area contributed by atoms with E-state index in [0.717, 1.165) is 5.56 Å². The summed E-state index contributed by atoms with van der Waals surface area (Å²) in [5.41, 5.74) is 1.30. The second-order valence-corrected chi connectivity index (χ2v) is 5.52. The first-order chi connectivity index (χ1) is 10.1. The lowest BCUT2D eigenvalue weighted by Gasteiger charge is -2.09. The first-order valence-corrected chi connectivity index (χ1v) is 7.19. The maximum absolute atomic E-state index is 6.24. The van der Waals surface area contributed by atoms with Crippen LogP contribution in [0.1, 0.15) is 0 Å². The van der Waals surface area contributed by atoms with Crippen molar-refractivity contribution in [3.63, 3.8) is 0 Å². The normalized spacial score (nSPS) is 10.9. The fourth-order valence-corrected chi connectivity index (χ4v) is 2.83. The summed E-state index contributed by atoms with van der Waals surface area (Å²) >= 11 is 18.4. The number of nitrogens with zero attached hydrogens (tertiary/aromatic N) is 2. The maximum Gasteiger partial charge on any atom is 0.165 e. The summed E-state index contributed by atoms with van der Waals surface area (Å²) in [6.07, 6.45) is 0. The van der Waals surface area contributed by atoms with E-state index in [0.29, 0.717) is 37.7 Å². The molecular formula is C15H9Cl3N2O. The number of fused-ring (bicyclic) bond motifs is 1. The van der Waals surface area contributed by atoms with Crippen LogP contribution >= 0.6 is 34.8 Å². The van der Waals surface area contributed by atoms with Gasteiger partial charge in [-0.25, -0.2) is 9.97 Å². The average molecular weight is 340 g/mol. The molecule has 3 rings (SSSR count). The SMILES string of the molecule is COc1ccccc1-c1nc(Cl)c2cc(Cl)cc(Cl)c2n1. The van der Waals surface area contributed by atoms with E-state index in [2.05, 4.69) is 9.97 Å². The van der Waals surface area contributed by atoms with Gasteiger partial charge in [-0.15, -0.1) is 0 Å². The zero-order valence-electron chi connectivity index (χ0n) is 10.9. The minimum Gasteiger partial charge on any atom is -0.496 e. The minimum absolute atomic E-state index is 0.297. The average Bonchev–Trinajstić information content (AvgIpc) is 2.48. The van der Waals surface area contributed by atoms with Crippen LogP contribution in [0.4, 0.5) is 0 Å². The van der Waals surface area contributed by atoms with E-state index in [9.17, 15) is 0 Å². The summed E-state index contributed by atoms with van der Waals surface area (Å²) in [4.78, 5) is 8.81. The zero-order valence-corrected chi connectivity index (χ0v) is 13.2. The Morgan fingerprint density at radius 2 is 1.76 bits per heavy atom. The molecule has 0 unspecified atom stereocenters. The summed E-state index contributed by atoms with van der Waals surface area (Å²) < 4.78 is 5.32. The van der Waals surface area contributed by atoms with Gasteiger partial charge in [0.15, 0.2) is 5.82 Å². The molecule has 1 heterocycles. The van der Waals surface area contributed by atoms with Crippen molar-refractivity contribution < 1.29 is 4.74 Å². The molecule has 1 aromatic heterocycles. The summed E-state index contributed by atoms with van der Waals surface area (Å²) in [5.74, 6) is 1.12. The zero-order chi connectivity index (χ0) is 15.0. The molecular weight excluding hydrogens is 331 g/mol. The van der Waals surface area contributed by atoms with Crippen LogP contribution in [0.15, 0.2) is 36.4 Å². The molecule has 0 radical (unpaired) electrons. The highest BCUT2D eigenvalue weighted by atomic mass is 35.5. The predicted octanol–water partition coefficient (Wildman–Crippen LogP) is 5.27. The standard InChI is InChI=1S/C15H9Cl3N2O/c1-21-12-5-3-2-4-9(12)15-19-13-10(14(18)20-15)6-8(16)7-11(13)17/h2-7H,1H3. The molecule has 0 spiro atoms. The molecule has 6 heteroatoms. The Labute approximate surface area is 136 Å². The van der Waals surface area contributed by atoms with Crippen molar-refractivity contribution in [2.24, 2.45) is 0 Å². The molecule has 106 valence electrons. The molecule has 0 aliphatic rings. The van der Waals surface area contributed by atoms with Gasteiger partial charge in [-0.05, 0) is 24.3 Å². The highest BCUT2D eigenvalue weighted by molar-refractivity contribution is 6.41. The second kappa shape index (κ2) is 5.68. The fourth-order valence-electron chi connectivity index (χ4n) is 2.07. The fraction of sp³-hybridized carbons (Fsp3) is 0.0667. The van der Waals surface area contributed by atoms with Crippen LogP contribution in [-0.2, 0) is 0 Å². The van der Waals surface area contributed by atoms with Crippen LogP contribution in [0, 0.1) is 0 Å². The third-order valence-corrected chi connectivity index (χ3v) is 3.81. The van der Waals surface area contributed by atoms with Gasteiger partial charge in [0.2, 0.25) is 0 Å². The summed E-state index contributed by atoms with van der Waals surface area (Å²) in [5, 5.41) is 1.83. The van der Waals surface area contributed by atoms with Crippen LogP contribution in [-0.4, -0.2) is 17.1 Å². The van der Waals surface area contributed by atoms with Gasteiger partial charge in [-0.1, -0.05) is 46.9 Å². The molecule has 21 heavy (non-hydrogen) atoms. The molecule has 0 saturated heterocycles. The van der Waals surface area contributed by atoms with E-state index >= 15 is 0 Å². The first kappa shape index (κ1) is 14.4. The molecule has 0 aliphatic heterocycles. The van der Waals surface area contributed by atoms with Crippen LogP contribution in [0.25, 0.3) is 22.3 Å². The Morgan fingerprint density at radius 3 is 2.52 bits per heavy atom. The van der Waals surface area contributed by atoms with E-state index in [1.807, 2.05) is 24.3 Å². The molecule has 3 nitrogen and oxygen atoms in total. The van der Waals surface area contributed by atoms with Gasteiger partial charge in [0, 0.05) is 10.4 Å². The van der Waals surface area contributed by atoms with Gasteiger partial charge in [0.05, 0.1) is 23.2 Å². The smallest absolute Gasteiger partial charge is 0.165 e. The topological polar surface area (TPSA) is 35.0 Å². The van der Waals surface area contributed by atoms with Gasteiger partial charge in [0.1, 0.15) is 10.9 Å². The van der Waals surface area contributed by atoms with Crippen molar-refractivity contribution in [2.75, 3.05) is 7.11 Å². The molecule has 0 fully saturated rings. The number of hydrogen-bond acceptors (Lipinski definition) is 3. The quantitative estimate of drug-likeness (QED) is 0.597. The molecule has 2 aromatic carbocycles. The number of aromatic nitrogens is 2. The molecule has 0 bridgehead atoms. The van der Waals surface area contributed by atoms with E-state index in [-0.39, 0.29) is 0 Å². The Morgan fingerprint density at radius 1 is 1.00 bits per heavy atom. The van der Waals surface area contributed by atoms with Gasteiger partial charge < -0.3 is 4.74 Å². The largest absolute Gasteiger partial charge is 0.496 e. The summed E-state index contributed by atoms with van der Waals surface area (Å²) in [6, 6.07) is 10.8. The first-order valence-electron chi connectivity index (χ1n) is 6.06. The number of ether oxygens (including phenoxy) is 1.